The number of halogens is 2. The molecular formula is C19H27BrIN5. The molecule has 0 amide bonds. The molecule has 0 bridgehead atoms. The normalized spacial score (nSPS) is 15.3. The molecule has 1 fully saturated rings. The van der Waals surface area contributed by atoms with E-state index in [-0.39, 0.29) is 29.4 Å². The van der Waals surface area contributed by atoms with E-state index in [0.717, 1.165) is 24.7 Å². The summed E-state index contributed by atoms with van der Waals surface area (Å²) in [5, 5.41) is 11.4. The molecule has 0 saturated heterocycles. The lowest BCUT2D eigenvalue weighted by Crippen LogP contribution is -2.41. The van der Waals surface area contributed by atoms with Crippen molar-refractivity contribution in [2.75, 3.05) is 13.6 Å². The van der Waals surface area contributed by atoms with Gasteiger partial charge in [-0.05, 0) is 38.3 Å². The fourth-order valence-corrected chi connectivity index (χ4v) is 4.01. The van der Waals surface area contributed by atoms with Crippen molar-refractivity contribution in [3.8, 4) is 0 Å². The average molecular weight is 532 g/mol. The summed E-state index contributed by atoms with van der Waals surface area (Å²) in [7, 11) is 3.80. The Labute approximate surface area is 181 Å². The molecule has 0 unspecified atom stereocenters. The van der Waals surface area contributed by atoms with E-state index in [2.05, 4.69) is 67.8 Å². The number of nitrogens with one attached hydrogen (secondary N) is 2. The topological polar surface area (TPSA) is 54.2 Å². The van der Waals surface area contributed by atoms with E-state index >= 15 is 0 Å². The van der Waals surface area contributed by atoms with Gasteiger partial charge in [0.2, 0.25) is 0 Å². The molecular weight excluding hydrogens is 505 g/mol. The first-order valence-corrected chi connectivity index (χ1v) is 9.45. The molecule has 1 saturated carbocycles. The second kappa shape index (κ2) is 8.73. The molecule has 1 aliphatic carbocycles. The highest BCUT2D eigenvalue weighted by Crippen LogP contribution is 2.49. The molecule has 1 aliphatic rings. The number of hydrogen-bond donors (Lipinski definition) is 2. The molecule has 0 aliphatic heterocycles. The summed E-state index contributed by atoms with van der Waals surface area (Å²) in [4.78, 5) is 4.37. The van der Waals surface area contributed by atoms with Crippen LogP contribution in [-0.2, 0) is 19.0 Å². The maximum Gasteiger partial charge on any atom is 0.191 e. The largest absolute Gasteiger partial charge is 0.356 e. The lowest BCUT2D eigenvalue weighted by Gasteiger charge is -2.20. The molecule has 142 valence electrons. The lowest BCUT2D eigenvalue weighted by molar-refractivity contribution is 0.642. The van der Waals surface area contributed by atoms with E-state index < -0.39 is 0 Å². The SMILES string of the molecule is CN=C(NCc1c(C)nn(C)c1C)NCC1(c2ccccc2Br)CC1.I. The summed E-state index contributed by atoms with van der Waals surface area (Å²) >= 11 is 3.69. The Balaban J connectivity index is 0.00000243. The second-order valence-corrected chi connectivity index (χ2v) is 7.67. The molecule has 0 spiro atoms. The minimum absolute atomic E-state index is 0. The zero-order valence-corrected chi connectivity index (χ0v) is 19.7. The predicted molar refractivity (Wildman–Crippen MR) is 121 cm³/mol. The van der Waals surface area contributed by atoms with Crippen LogP contribution in [0.2, 0.25) is 0 Å². The molecule has 1 heterocycles. The van der Waals surface area contributed by atoms with Crippen LogP contribution >= 0.6 is 39.9 Å². The molecule has 3 rings (SSSR count). The third-order valence-corrected chi connectivity index (χ3v) is 5.90. The van der Waals surface area contributed by atoms with E-state index in [1.165, 1.54) is 34.1 Å². The van der Waals surface area contributed by atoms with Crippen LogP contribution in [0.3, 0.4) is 0 Å². The van der Waals surface area contributed by atoms with Gasteiger partial charge in [0.05, 0.1) is 5.69 Å². The molecule has 5 nitrogen and oxygen atoms in total. The molecule has 7 heteroatoms. The molecule has 26 heavy (non-hydrogen) atoms. The molecule has 2 N–H and O–H groups in total. The van der Waals surface area contributed by atoms with E-state index in [4.69, 9.17) is 0 Å². The van der Waals surface area contributed by atoms with Gasteiger partial charge < -0.3 is 10.6 Å². The summed E-state index contributed by atoms with van der Waals surface area (Å²) in [5.74, 6) is 0.834. The Bertz CT molecular complexity index is 795. The minimum Gasteiger partial charge on any atom is -0.356 e. The van der Waals surface area contributed by atoms with Crippen molar-refractivity contribution in [1.29, 1.82) is 0 Å². The van der Waals surface area contributed by atoms with Crippen LogP contribution in [0.5, 0.6) is 0 Å². The predicted octanol–water partition coefficient (Wildman–Crippen LogP) is 3.81. The number of benzene rings is 1. The fourth-order valence-electron chi connectivity index (χ4n) is 3.30. The summed E-state index contributed by atoms with van der Waals surface area (Å²) < 4.78 is 3.12. The molecule has 1 aromatic carbocycles. The maximum absolute atomic E-state index is 4.47. The number of aryl methyl sites for hydroxylation is 2. The Morgan fingerprint density at radius 1 is 1.27 bits per heavy atom. The van der Waals surface area contributed by atoms with Crippen molar-refractivity contribution in [3.05, 3.63) is 51.3 Å². The minimum atomic E-state index is 0. The monoisotopic (exact) mass is 531 g/mol. The highest BCUT2D eigenvalue weighted by molar-refractivity contribution is 14.0. The Kier molecular flexibility index (Phi) is 7.12. The second-order valence-electron chi connectivity index (χ2n) is 6.81. The van der Waals surface area contributed by atoms with E-state index in [0.29, 0.717) is 0 Å². The van der Waals surface area contributed by atoms with Gasteiger partial charge in [0.15, 0.2) is 5.96 Å². The van der Waals surface area contributed by atoms with Gasteiger partial charge in [0.25, 0.3) is 0 Å². The maximum atomic E-state index is 4.47. The third-order valence-electron chi connectivity index (χ3n) is 5.21. The zero-order chi connectivity index (χ0) is 18.0. The molecule has 0 radical (unpaired) electrons. The van der Waals surface area contributed by atoms with Crippen LogP contribution in [-0.4, -0.2) is 29.3 Å². The first kappa shape index (κ1) is 21.2. The molecule has 2 aromatic rings. The first-order valence-electron chi connectivity index (χ1n) is 8.65. The van der Waals surface area contributed by atoms with Crippen LogP contribution in [0.4, 0.5) is 0 Å². The van der Waals surface area contributed by atoms with E-state index in [1.54, 1.807) is 0 Å². The van der Waals surface area contributed by atoms with E-state index in [9.17, 15) is 0 Å². The van der Waals surface area contributed by atoms with Crippen LogP contribution in [0, 0.1) is 13.8 Å². The number of aromatic nitrogens is 2. The van der Waals surface area contributed by atoms with Crippen molar-refractivity contribution in [2.45, 2.75) is 38.6 Å². The summed E-state index contributed by atoms with van der Waals surface area (Å²) in [6, 6.07) is 8.52. The lowest BCUT2D eigenvalue weighted by atomic mass is 9.96. The van der Waals surface area contributed by atoms with Crippen LogP contribution in [0.25, 0.3) is 0 Å². The Morgan fingerprint density at radius 3 is 2.50 bits per heavy atom. The number of hydrogen-bond acceptors (Lipinski definition) is 2. The number of nitrogens with zero attached hydrogens (tertiary/aromatic N) is 3. The highest BCUT2D eigenvalue weighted by Gasteiger charge is 2.45. The van der Waals surface area contributed by atoms with Crippen LogP contribution < -0.4 is 10.6 Å². The van der Waals surface area contributed by atoms with Gasteiger partial charge in [-0.15, -0.1) is 24.0 Å². The number of guanidine groups is 1. The van der Waals surface area contributed by atoms with Gasteiger partial charge in [-0.2, -0.15) is 5.10 Å². The summed E-state index contributed by atoms with van der Waals surface area (Å²) in [6.45, 7) is 5.76. The van der Waals surface area contributed by atoms with Crippen molar-refractivity contribution in [2.24, 2.45) is 12.0 Å². The summed E-state index contributed by atoms with van der Waals surface area (Å²) in [5.41, 5.74) is 5.09. The quantitative estimate of drug-likeness (QED) is 0.350. The van der Waals surface area contributed by atoms with Crippen molar-refractivity contribution >= 4 is 45.9 Å². The van der Waals surface area contributed by atoms with Gasteiger partial charge >= 0.3 is 0 Å². The number of rotatable bonds is 5. The van der Waals surface area contributed by atoms with Gasteiger partial charge in [-0.25, -0.2) is 0 Å². The van der Waals surface area contributed by atoms with Gasteiger partial charge in [-0.3, -0.25) is 9.67 Å². The van der Waals surface area contributed by atoms with Crippen LogP contribution in [0.15, 0.2) is 33.7 Å². The zero-order valence-electron chi connectivity index (χ0n) is 15.8. The standard InChI is InChI=1S/C19H26BrN5.HI/c1-13-15(14(2)25(4)24-13)11-22-18(21-3)23-12-19(9-10-19)16-7-5-6-8-17(16)20;/h5-8H,9-12H2,1-4H3,(H2,21,22,23);1H. The number of aliphatic imine (C=N–C) groups is 1. The van der Waals surface area contributed by atoms with Crippen LogP contribution in [0.1, 0.15) is 35.4 Å². The highest BCUT2D eigenvalue weighted by atomic mass is 127. The fraction of sp³-hybridized carbons (Fsp3) is 0.474. The molecule has 1 aromatic heterocycles. The Hall–Kier alpha value is -1.09. The molecule has 0 atom stereocenters. The van der Waals surface area contributed by atoms with Crippen molar-refractivity contribution < 1.29 is 0 Å². The third kappa shape index (κ3) is 4.42. The van der Waals surface area contributed by atoms with Gasteiger partial charge in [0, 0.05) is 48.3 Å². The summed E-state index contributed by atoms with van der Waals surface area (Å²) in [6.07, 6.45) is 2.42. The van der Waals surface area contributed by atoms with Crippen molar-refractivity contribution in [3.63, 3.8) is 0 Å². The Morgan fingerprint density at radius 2 is 1.96 bits per heavy atom. The van der Waals surface area contributed by atoms with E-state index in [1.807, 2.05) is 25.7 Å². The van der Waals surface area contributed by atoms with Gasteiger partial charge in [0.1, 0.15) is 0 Å². The smallest absolute Gasteiger partial charge is 0.191 e. The van der Waals surface area contributed by atoms with Crippen molar-refractivity contribution in [1.82, 2.24) is 20.4 Å². The van der Waals surface area contributed by atoms with Gasteiger partial charge in [-0.1, -0.05) is 34.1 Å². The average Bonchev–Trinajstić information content (AvgIpc) is 3.33. The first-order chi connectivity index (χ1) is 12.0.